The fourth-order valence-corrected chi connectivity index (χ4v) is 5.71. The van der Waals surface area contributed by atoms with E-state index in [1.54, 1.807) is 18.6 Å². The number of hydrogen-bond acceptors (Lipinski definition) is 6. The number of rotatable bonds is 7. The van der Waals surface area contributed by atoms with Gasteiger partial charge in [-0.05, 0) is 53.6 Å². The van der Waals surface area contributed by atoms with Gasteiger partial charge in [0.2, 0.25) is 0 Å². The summed E-state index contributed by atoms with van der Waals surface area (Å²) in [7, 11) is -2.88. The average molecular weight is 409 g/mol. The summed E-state index contributed by atoms with van der Waals surface area (Å²) in [5.41, 5.74) is 3.33. The van der Waals surface area contributed by atoms with E-state index in [0.29, 0.717) is 18.7 Å². The Morgan fingerprint density at radius 1 is 1.00 bits per heavy atom. The normalized spacial score (nSPS) is 18.0. The quantitative estimate of drug-likeness (QED) is 0.647. The van der Waals surface area contributed by atoms with Gasteiger partial charge in [0.1, 0.15) is 5.82 Å². The third-order valence-electron chi connectivity index (χ3n) is 5.37. The highest BCUT2D eigenvalue weighted by Crippen LogP contribution is 2.30. The molecule has 1 saturated heterocycles. The van der Waals surface area contributed by atoms with Crippen molar-refractivity contribution in [3.8, 4) is 0 Å². The molecule has 1 unspecified atom stereocenters. The SMILES string of the molecule is O=S1(=O)CCC(CNc2ncccc2CC(c2cccnc2)c2cccnc2)C1. The van der Waals surface area contributed by atoms with Crippen molar-refractivity contribution >= 4 is 15.7 Å². The maximum atomic E-state index is 11.7. The summed E-state index contributed by atoms with van der Waals surface area (Å²) < 4.78 is 23.4. The van der Waals surface area contributed by atoms with Crippen molar-refractivity contribution in [3.63, 3.8) is 0 Å². The average Bonchev–Trinajstić information content (AvgIpc) is 3.11. The van der Waals surface area contributed by atoms with E-state index in [1.807, 2.05) is 30.6 Å². The smallest absolute Gasteiger partial charge is 0.150 e. The zero-order valence-electron chi connectivity index (χ0n) is 16.1. The molecule has 150 valence electrons. The van der Waals surface area contributed by atoms with Gasteiger partial charge in [0.25, 0.3) is 0 Å². The van der Waals surface area contributed by atoms with Crippen LogP contribution in [0.25, 0.3) is 0 Å². The molecule has 0 amide bonds. The van der Waals surface area contributed by atoms with Crippen LogP contribution in [0.3, 0.4) is 0 Å². The molecule has 4 rings (SSSR count). The molecule has 7 heteroatoms. The standard InChI is InChI=1S/C22H24N4O2S/c27-29(28)11-7-17(16-29)13-26-22-18(4-3-10-25-22)12-21(19-5-1-8-23-14-19)20-6-2-9-24-15-20/h1-6,8-10,14-15,17,21H,7,11-13,16H2,(H,25,26). The van der Waals surface area contributed by atoms with Crippen LogP contribution in [0.15, 0.2) is 67.4 Å². The van der Waals surface area contributed by atoms with E-state index in [-0.39, 0.29) is 17.6 Å². The van der Waals surface area contributed by atoms with Gasteiger partial charge in [0.05, 0.1) is 11.5 Å². The molecule has 1 N–H and O–H groups in total. The minimum atomic E-state index is -2.88. The number of pyridine rings is 3. The van der Waals surface area contributed by atoms with Gasteiger partial charge in [-0.3, -0.25) is 9.97 Å². The lowest BCUT2D eigenvalue weighted by molar-refractivity contribution is 0.595. The molecule has 3 aromatic heterocycles. The van der Waals surface area contributed by atoms with Gasteiger partial charge in [-0.15, -0.1) is 0 Å². The summed E-state index contributed by atoms with van der Waals surface area (Å²) in [6.07, 6.45) is 10.6. The predicted octanol–water partition coefficient (Wildman–Crippen LogP) is 3.09. The van der Waals surface area contributed by atoms with Crippen molar-refractivity contribution in [2.24, 2.45) is 5.92 Å². The van der Waals surface area contributed by atoms with Gasteiger partial charge < -0.3 is 5.32 Å². The van der Waals surface area contributed by atoms with Crippen LogP contribution in [-0.4, -0.2) is 41.4 Å². The molecule has 1 aliphatic rings. The van der Waals surface area contributed by atoms with Gasteiger partial charge in [0, 0.05) is 43.4 Å². The highest BCUT2D eigenvalue weighted by Gasteiger charge is 2.28. The van der Waals surface area contributed by atoms with Crippen LogP contribution in [0.2, 0.25) is 0 Å². The second-order valence-corrected chi connectivity index (χ2v) is 9.72. The molecule has 0 aromatic carbocycles. The Morgan fingerprint density at radius 2 is 1.69 bits per heavy atom. The number of anilines is 1. The third kappa shape index (κ3) is 4.98. The van der Waals surface area contributed by atoms with E-state index < -0.39 is 9.84 Å². The molecule has 0 aliphatic carbocycles. The van der Waals surface area contributed by atoms with Crippen molar-refractivity contribution in [2.45, 2.75) is 18.8 Å². The lowest BCUT2D eigenvalue weighted by atomic mass is 9.87. The Hall–Kier alpha value is -2.80. The second kappa shape index (κ2) is 8.69. The van der Waals surface area contributed by atoms with Crippen LogP contribution in [0.5, 0.6) is 0 Å². The zero-order chi connectivity index (χ0) is 20.1. The lowest BCUT2D eigenvalue weighted by Crippen LogP contribution is -2.17. The summed E-state index contributed by atoms with van der Waals surface area (Å²) in [5.74, 6) is 1.61. The highest BCUT2D eigenvalue weighted by atomic mass is 32.2. The maximum absolute atomic E-state index is 11.7. The zero-order valence-corrected chi connectivity index (χ0v) is 16.9. The Bertz CT molecular complexity index is 1000. The Balaban J connectivity index is 1.55. The van der Waals surface area contributed by atoms with E-state index in [4.69, 9.17) is 0 Å². The Labute approximate surface area is 171 Å². The Morgan fingerprint density at radius 3 is 2.28 bits per heavy atom. The van der Waals surface area contributed by atoms with Crippen molar-refractivity contribution in [2.75, 3.05) is 23.4 Å². The van der Waals surface area contributed by atoms with Gasteiger partial charge >= 0.3 is 0 Å². The monoisotopic (exact) mass is 408 g/mol. The molecule has 1 aliphatic heterocycles. The van der Waals surface area contributed by atoms with Gasteiger partial charge in [-0.1, -0.05) is 18.2 Å². The molecule has 0 spiro atoms. The van der Waals surface area contributed by atoms with Crippen molar-refractivity contribution in [1.29, 1.82) is 0 Å². The third-order valence-corrected chi connectivity index (χ3v) is 7.21. The van der Waals surface area contributed by atoms with Gasteiger partial charge in [-0.2, -0.15) is 0 Å². The fourth-order valence-electron chi connectivity index (χ4n) is 3.85. The molecule has 1 atom stereocenters. The minimum absolute atomic E-state index is 0.106. The van der Waals surface area contributed by atoms with Crippen molar-refractivity contribution in [1.82, 2.24) is 15.0 Å². The maximum Gasteiger partial charge on any atom is 0.150 e. The molecule has 0 radical (unpaired) electrons. The van der Waals surface area contributed by atoms with Crippen LogP contribution in [0.1, 0.15) is 29.0 Å². The first-order valence-electron chi connectivity index (χ1n) is 9.79. The molecule has 0 bridgehead atoms. The van der Waals surface area contributed by atoms with Gasteiger partial charge in [-0.25, -0.2) is 13.4 Å². The number of aromatic nitrogens is 3. The van der Waals surface area contributed by atoms with E-state index in [1.165, 1.54) is 0 Å². The van der Waals surface area contributed by atoms with E-state index in [2.05, 4.69) is 38.5 Å². The van der Waals surface area contributed by atoms with E-state index in [0.717, 1.165) is 28.9 Å². The number of hydrogen-bond donors (Lipinski definition) is 1. The first-order valence-corrected chi connectivity index (χ1v) is 11.6. The second-order valence-electron chi connectivity index (χ2n) is 7.49. The summed E-state index contributed by atoms with van der Waals surface area (Å²) in [5, 5.41) is 3.39. The van der Waals surface area contributed by atoms with Crippen LogP contribution in [-0.2, 0) is 16.3 Å². The summed E-state index contributed by atoms with van der Waals surface area (Å²) in [4.78, 5) is 13.1. The van der Waals surface area contributed by atoms with Crippen LogP contribution < -0.4 is 5.32 Å². The minimum Gasteiger partial charge on any atom is -0.370 e. The number of sulfone groups is 1. The topological polar surface area (TPSA) is 84.8 Å². The first-order chi connectivity index (χ1) is 14.1. The first kappa shape index (κ1) is 19.5. The molecule has 1 fully saturated rings. The molecular formula is C22H24N4O2S. The van der Waals surface area contributed by atoms with Crippen LogP contribution >= 0.6 is 0 Å². The number of nitrogens with zero attached hydrogens (tertiary/aromatic N) is 3. The van der Waals surface area contributed by atoms with Crippen molar-refractivity contribution < 1.29 is 8.42 Å². The van der Waals surface area contributed by atoms with Crippen LogP contribution in [0.4, 0.5) is 5.82 Å². The number of nitrogens with one attached hydrogen (secondary N) is 1. The summed E-state index contributed by atoms with van der Waals surface area (Å²) >= 11 is 0. The fraction of sp³-hybridized carbons (Fsp3) is 0.318. The molecule has 3 aromatic rings. The molecule has 29 heavy (non-hydrogen) atoms. The Kier molecular flexibility index (Phi) is 5.85. The molecule has 0 saturated carbocycles. The highest BCUT2D eigenvalue weighted by molar-refractivity contribution is 7.91. The molecule has 4 heterocycles. The van der Waals surface area contributed by atoms with E-state index >= 15 is 0 Å². The predicted molar refractivity (Wildman–Crippen MR) is 114 cm³/mol. The van der Waals surface area contributed by atoms with E-state index in [9.17, 15) is 8.42 Å². The summed E-state index contributed by atoms with van der Waals surface area (Å²) in [6, 6.07) is 12.1. The lowest BCUT2D eigenvalue weighted by Gasteiger charge is -2.20. The molecular weight excluding hydrogens is 384 g/mol. The molecule has 6 nitrogen and oxygen atoms in total. The summed E-state index contributed by atoms with van der Waals surface area (Å²) in [6.45, 7) is 0.619. The van der Waals surface area contributed by atoms with Gasteiger partial charge in [0.15, 0.2) is 9.84 Å². The van der Waals surface area contributed by atoms with Crippen molar-refractivity contribution in [3.05, 3.63) is 84.1 Å². The largest absolute Gasteiger partial charge is 0.370 e. The van der Waals surface area contributed by atoms with Crippen LogP contribution in [0, 0.1) is 5.92 Å².